The molecule has 0 atom stereocenters. The Morgan fingerprint density at radius 1 is 1.17 bits per heavy atom. The smallest absolute Gasteiger partial charge is 0.303 e. The Bertz CT molecular complexity index is 901. The first-order chi connectivity index (χ1) is 11.5. The maximum absolute atomic E-state index is 11.0. The summed E-state index contributed by atoms with van der Waals surface area (Å²) in [6.45, 7) is 0. The van der Waals surface area contributed by atoms with Crippen molar-refractivity contribution in [3.8, 4) is 0 Å². The third kappa shape index (κ3) is 3.96. The first-order valence-electron chi connectivity index (χ1n) is 7.26. The Morgan fingerprint density at radius 3 is 2.67 bits per heavy atom. The molecule has 3 rings (SSSR count). The van der Waals surface area contributed by atoms with Crippen molar-refractivity contribution in [3.05, 3.63) is 63.1 Å². The van der Waals surface area contributed by atoms with Crippen LogP contribution in [0.15, 0.2) is 42.5 Å². The molecule has 3 aromatic rings. The molecule has 0 aliphatic rings. The number of para-hydroxylation sites is 1. The quantitative estimate of drug-likeness (QED) is 0.592. The molecule has 0 fully saturated rings. The van der Waals surface area contributed by atoms with Gasteiger partial charge in [-0.25, -0.2) is 4.98 Å². The zero-order valence-electron chi connectivity index (χ0n) is 12.5. The van der Waals surface area contributed by atoms with E-state index in [1.807, 2.05) is 36.4 Å². The lowest BCUT2D eigenvalue weighted by Crippen LogP contribution is -1.95. The Hall–Kier alpha value is -1.88. The van der Waals surface area contributed by atoms with Crippen LogP contribution in [0.3, 0.4) is 0 Å². The molecule has 1 heterocycles. The number of hydrogen-bond donors (Lipinski definition) is 1. The zero-order valence-corrected chi connectivity index (χ0v) is 14.8. The van der Waals surface area contributed by atoms with Gasteiger partial charge in [-0.2, -0.15) is 0 Å². The molecule has 0 unspecified atom stereocenters. The van der Waals surface area contributed by atoms with Crippen molar-refractivity contribution in [1.82, 2.24) is 4.98 Å². The minimum Gasteiger partial charge on any atom is -0.481 e. The van der Waals surface area contributed by atoms with Crippen LogP contribution >= 0.6 is 34.5 Å². The molecule has 3 nitrogen and oxygen atoms in total. The summed E-state index contributed by atoms with van der Waals surface area (Å²) in [6.07, 6.45) is 2.31. The Morgan fingerprint density at radius 2 is 1.96 bits per heavy atom. The van der Waals surface area contributed by atoms with Crippen molar-refractivity contribution in [3.63, 3.8) is 0 Å². The van der Waals surface area contributed by atoms with E-state index < -0.39 is 5.97 Å². The van der Waals surface area contributed by atoms with E-state index in [0.717, 1.165) is 26.4 Å². The molecule has 0 radical (unpaired) electrons. The molecular weight excluding hydrogens is 365 g/mol. The summed E-state index contributed by atoms with van der Waals surface area (Å²) in [5.41, 5.74) is 2.55. The third-order valence-electron chi connectivity index (χ3n) is 3.47. The average Bonchev–Trinajstić information content (AvgIpc) is 2.97. The van der Waals surface area contributed by atoms with Crippen LogP contribution in [0.4, 0.5) is 0 Å². The predicted molar refractivity (Wildman–Crippen MR) is 101 cm³/mol. The number of aliphatic carboxylic acids is 1. The van der Waals surface area contributed by atoms with Gasteiger partial charge >= 0.3 is 5.97 Å². The van der Waals surface area contributed by atoms with Gasteiger partial charge in [0.05, 0.1) is 10.2 Å². The molecule has 0 aliphatic carbocycles. The molecule has 0 saturated carbocycles. The van der Waals surface area contributed by atoms with Crippen molar-refractivity contribution < 1.29 is 9.90 Å². The monoisotopic (exact) mass is 377 g/mol. The number of carbonyl (C=O) groups is 1. The number of carboxylic acid groups (broad SMARTS) is 1. The van der Waals surface area contributed by atoms with E-state index in [4.69, 9.17) is 28.3 Å². The van der Waals surface area contributed by atoms with Crippen LogP contribution in [0.1, 0.15) is 23.4 Å². The van der Waals surface area contributed by atoms with Crippen molar-refractivity contribution in [2.75, 3.05) is 0 Å². The Balaban J connectivity index is 2.04. The summed E-state index contributed by atoms with van der Waals surface area (Å²) in [4.78, 5) is 15.6. The number of thiazole rings is 1. The van der Waals surface area contributed by atoms with Gasteiger partial charge in [0.2, 0.25) is 0 Å². The van der Waals surface area contributed by atoms with E-state index >= 15 is 0 Å². The molecule has 0 saturated heterocycles. The van der Waals surface area contributed by atoms with Crippen molar-refractivity contribution in [1.29, 1.82) is 0 Å². The predicted octanol–water partition coefficient (Wildman–Crippen LogP) is 6.01. The number of aromatic nitrogens is 1. The van der Waals surface area contributed by atoms with Crippen LogP contribution in [0, 0.1) is 0 Å². The molecule has 0 aliphatic heterocycles. The minimum atomic E-state index is -0.843. The van der Waals surface area contributed by atoms with E-state index in [-0.39, 0.29) is 6.42 Å². The largest absolute Gasteiger partial charge is 0.481 e. The number of nitrogens with zero attached hydrogens (tertiary/aromatic N) is 1. The fourth-order valence-electron chi connectivity index (χ4n) is 2.30. The lowest BCUT2D eigenvalue weighted by atomic mass is 10.1. The first-order valence-corrected chi connectivity index (χ1v) is 8.83. The first kappa shape index (κ1) is 17.0. The lowest BCUT2D eigenvalue weighted by Gasteiger charge is -2.05. The van der Waals surface area contributed by atoms with Gasteiger partial charge in [-0.1, -0.05) is 41.4 Å². The topological polar surface area (TPSA) is 50.2 Å². The molecule has 6 heteroatoms. The number of allylic oxidation sites excluding steroid dienone is 1. The van der Waals surface area contributed by atoms with Crippen molar-refractivity contribution >= 4 is 62.4 Å². The lowest BCUT2D eigenvalue weighted by molar-refractivity contribution is -0.136. The molecule has 24 heavy (non-hydrogen) atoms. The van der Waals surface area contributed by atoms with Gasteiger partial charge < -0.3 is 5.11 Å². The van der Waals surface area contributed by atoms with Gasteiger partial charge in [-0.05, 0) is 47.9 Å². The van der Waals surface area contributed by atoms with Gasteiger partial charge in [0, 0.05) is 16.5 Å². The zero-order chi connectivity index (χ0) is 17.1. The fraction of sp³-hybridized carbons (Fsp3) is 0.111. The highest BCUT2D eigenvalue weighted by Crippen LogP contribution is 2.32. The summed E-state index contributed by atoms with van der Waals surface area (Å²) < 4.78 is 1.07. The van der Waals surface area contributed by atoms with E-state index in [0.29, 0.717) is 16.5 Å². The summed E-state index contributed by atoms with van der Waals surface area (Å²) >= 11 is 13.7. The number of carboxylic acids is 1. The summed E-state index contributed by atoms with van der Waals surface area (Å²) in [6, 6.07) is 13.1. The van der Waals surface area contributed by atoms with Crippen LogP contribution in [0.5, 0.6) is 0 Å². The van der Waals surface area contributed by atoms with Gasteiger partial charge in [0.25, 0.3) is 0 Å². The van der Waals surface area contributed by atoms with Crippen LogP contribution < -0.4 is 0 Å². The van der Waals surface area contributed by atoms with Gasteiger partial charge in [-0.15, -0.1) is 11.3 Å². The molecule has 0 amide bonds. The minimum absolute atomic E-state index is 0.0347. The Labute approximate surface area is 153 Å². The average molecular weight is 378 g/mol. The summed E-state index contributed by atoms with van der Waals surface area (Å²) in [5.74, 6) is -0.843. The molecule has 1 N–H and O–H groups in total. The maximum Gasteiger partial charge on any atom is 0.303 e. The van der Waals surface area contributed by atoms with Crippen LogP contribution in [-0.2, 0) is 4.79 Å². The number of rotatable bonds is 5. The second-order valence-electron chi connectivity index (χ2n) is 5.22. The molecule has 2 aromatic carbocycles. The van der Waals surface area contributed by atoms with E-state index in [1.165, 1.54) is 0 Å². The number of hydrogen-bond acceptors (Lipinski definition) is 3. The van der Waals surface area contributed by atoms with Crippen LogP contribution in [-0.4, -0.2) is 16.1 Å². The molecular formula is C18H13Cl2NO2S. The van der Waals surface area contributed by atoms with Gasteiger partial charge in [0.15, 0.2) is 0 Å². The van der Waals surface area contributed by atoms with Crippen molar-refractivity contribution in [2.24, 2.45) is 0 Å². The van der Waals surface area contributed by atoms with E-state index in [2.05, 4.69) is 4.98 Å². The molecule has 0 bridgehead atoms. The molecule has 0 spiro atoms. The second kappa shape index (κ2) is 7.34. The number of fused-ring (bicyclic) bond motifs is 1. The van der Waals surface area contributed by atoms with Gasteiger partial charge in [-0.3, -0.25) is 4.79 Å². The van der Waals surface area contributed by atoms with E-state index in [9.17, 15) is 4.79 Å². The second-order valence-corrected chi connectivity index (χ2v) is 7.09. The van der Waals surface area contributed by atoms with E-state index in [1.54, 1.807) is 23.5 Å². The number of halogens is 2. The maximum atomic E-state index is 11.0. The standard InChI is InChI=1S/C18H13Cl2NO2S/c19-13-7-5-11(14(20)10-13)9-12(6-8-17(22)23)18-21-15-3-1-2-4-16(15)24-18/h1-5,7,9-10H,6,8H2,(H,22,23)/b12-9+. The van der Waals surface area contributed by atoms with Crippen LogP contribution in [0.25, 0.3) is 21.9 Å². The van der Waals surface area contributed by atoms with Crippen molar-refractivity contribution in [2.45, 2.75) is 12.8 Å². The fourth-order valence-corrected chi connectivity index (χ4v) is 3.77. The highest BCUT2D eigenvalue weighted by Gasteiger charge is 2.12. The number of benzene rings is 2. The SMILES string of the molecule is O=C(O)CC/C(=C\c1ccc(Cl)cc1Cl)c1nc2ccccc2s1. The van der Waals surface area contributed by atoms with Crippen LogP contribution in [0.2, 0.25) is 10.0 Å². The summed E-state index contributed by atoms with van der Waals surface area (Å²) in [7, 11) is 0. The highest BCUT2D eigenvalue weighted by molar-refractivity contribution is 7.19. The highest BCUT2D eigenvalue weighted by atomic mass is 35.5. The molecule has 122 valence electrons. The Kier molecular flexibility index (Phi) is 5.19. The summed E-state index contributed by atoms with van der Waals surface area (Å²) in [5, 5.41) is 10.9. The third-order valence-corrected chi connectivity index (χ3v) is 5.14. The molecule has 1 aromatic heterocycles. The normalized spacial score (nSPS) is 11.8. The van der Waals surface area contributed by atoms with Gasteiger partial charge in [0.1, 0.15) is 5.01 Å².